The molecule has 0 aliphatic rings. The summed E-state index contributed by atoms with van der Waals surface area (Å²) in [6.45, 7) is 3.54. The van der Waals surface area contributed by atoms with Gasteiger partial charge in [-0.3, -0.25) is 0 Å². The second-order valence-corrected chi connectivity index (χ2v) is 4.08. The lowest BCUT2D eigenvalue weighted by molar-refractivity contribution is -0.138. The molecule has 0 bridgehead atoms. The Balaban J connectivity index is 2.68. The Bertz CT molecular complexity index is 377. The first-order chi connectivity index (χ1) is 8.04. The molecule has 94 valence electrons. The number of aryl methyl sites for hydroxylation is 1. The maximum atomic E-state index is 11.5. The summed E-state index contributed by atoms with van der Waals surface area (Å²) < 4.78 is 5.10. The minimum atomic E-state index is -1.01. The Morgan fingerprint density at radius 1 is 1.53 bits per heavy atom. The molecule has 3 N–H and O–H groups in total. The number of rotatable bonds is 5. The summed E-state index contributed by atoms with van der Waals surface area (Å²) in [4.78, 5) is 11.5. The highest BCUT2D eigenvalue weighted by Gasteiger charge is 2.20. The van der Waals surface area contributed by atoms with Crippen molar-refractivity contribution in [1.29, 1.82) is 0 Å². The summed E-state index contributed by atoms with van der Waals surface area (Å²) in [7, 11) is 0. The Kier molecular flexibility index (Phi) is 5.12. The highest BCUT2D eigenvalue weighted by molar-refractivity contribution is 5.78. The molecule has 0 aromatic heterocycles. The van der Waals surface area contributed by atoms with Crippen LogP contribution in [0.1, 0.15) is 25.8 Å². The number of nitrogens with two attached hydrogens (primary N) is 1. The lowest BCUT2D eigenvalue weighted by Crippen LogP contribution is -2.42. The van der Waals surface area contributed by atoms with Gasteiger partial charge in [-0.05, 0) is 31.0 Å². The van der Waals surface area contributed by atoms with Gasteiger partial charge in [0, 0.05) is 0 Å². The first-order valence-corrected chi connectivity index (χ1v) is 5.79. The molecule has 0 radical (unpaired) electrons. The number of aliphatic hydroxyl groups excluding tert-OH is 1. The smallest absolute Gasteiger partial charge is 0.330 e. The zero-order valence-electron chi connectivity index (χ0n) is 10.2. The fraction of sp³-hybridized carbons (Fsp3) is 0.462. The minimum Gasteiger partial charge on any atom is -0.425 e. The fourth-order valence-corrected chi connectivity index (χ4v) is 1.43. The van der Waals surface area contributed by atoms with E-state index < -0.39 is 18.1 Å². The molecule has 2 atom stereocenters. The first kappa shape index (κ1) is 13.7. The zero-order valence-corrected chi connectivity index (χ0v) is 10.2. The van der Waals surface area contributed by atoms with Gasteiger partial charge < -0.3 is 15.6 Å². The molecular formula is C13H19NO3. The van der Waals surface area contributed by atoms with Gasteiger partial charge in [-0.1, -0.05) is 25.5 Å². The highest BCUT2D eigenvalue weighted by Crippen LogP contribution is 2.15. The number of hydrogen-bond donors (Lipinski definition) is 2. The zero-order chi connectivity index (χ0) is 12.8. The van der Waals surface area contributed by atoms with Crippen molar-refractivity contribution >= 4 is 5.97 Å². The summed E-state index contributed by atoms with van der Waals surface area (Å²) in [6, 6.07) is 6.32. The van der Waals surface area contributed by atoms with E-state index >= 15 is 0 Å². The quantitative estimate of drug-likeness (QED) is 0.597. The van der Waals surface area contributed by atoms with Gasteiger partial charge >= 0.3 is 5.97 Å². The van der Waals surface area contributed by atoms with Crippen molar-refractivity contribution in [2.24, 2.45) is 5.73 Å². The monoisotopic (exact) mass is 237 g/mol. The van der Waals surface area contributed by atoms with Crippen LogP contribution in [0.25, 0.3) is 0 Å². The van der Waals surface area contributed by atoms with Gasteiger partial charge in [0.2, 0.25) is 0 Å². The predicted molar refractivity (Wildman–Crippen MR) is 65.7 cm³/mol. The summed E-state index contributed by atoms with van der Waals surface area (Å²) >= 11 is 0. The maximum Gasteiger partial charge on any atom is 0.330 e. The molecule has 2 unspecified atom stereocenters. The van der Waals surface area contributed by atoms with E-state index in [9.17, 15) is 9.90 Å². The van der Waals surface area contributed by atoms with E-state index in [4.69, 9.17) is 10.5 Å². The van der Waals surface area contributed by atoms with Crippen molar-refractivity contribution in [2.45, 2.75) is 38.8 Å². The molecule has 0 saturated heterocycles. The van der Waals surface area contributed by atoms with Gasteiger partial charge in [-0.25, -0.2) is 4.79 Å². The van der Waals surface area contributed by atoms with Crippen molar-refractivity contribution in [3.63, 3.8) is 0 Å². The van der Waals surface area contributed by atoms with Crippen LogP contribution < -0.4 is 10.5 Å². The van der Waals surface area contributed by atoms with Crippen LogP contribution in [0.3, 0.4) is 0 Å². The molecule has 0 heterocycles. The molecule has 0 spiro atoms. The lowest BCUT2D eigenvalue weighted by atomic mass is 10.1. The van der Waals surface area contributed by atoms with Crippen LogP contribution in [0, 0.1) is 0 Å². The van der Waals surface area contributed by atoms with Crippen molar-refractivity contribution in [3.05, 3.63) is 29.8 Å². The Hall–Kier alpha value is -1.39. The van der Waals surface area contributed by atoms with E-state index in [1.807, 2.05) is 18.2 Å². The van der Waals surface area contributed by atoms with Gasteiger partial charge in [-0.2, -0.15) is 0 Å². The first-order valence-electron chi connectivity index (χ1n) is 5.79. The van der Waals surface area contributed by atoms with Gasteiger partial charge in [0.25, 0.3) is 0 Å². The Morgan fingerprint density at radius 2 is 2.24 bits per heavy atom. The van der Waals surface area contributed by atoms with Gasteiger partial charge in [-0.15, -0.1) is 0 Å². The number of carbonyl (C=O) groups is 1. The lowest BCUT2D eigenvalue weighted by Gasteiger charge is -2.13. The summed E-state index contributed by atoms with van der Waals surface area (Å²) in [5.74, 6) is -0.148. The van der Waals surface area contributed by atoms with Crippen LogP contribution >= 0.6 is 0 Å². The summed E-state index contributed by atoms with van der Waals surface area (Å²) in [5.41, 5.74) is 6.59. The number of carbonyl (C=O) groups excluding carboxylic acids is 1. The van der Waals surface area contributed by atoms with Crippen molar-refractivity contribution in [2.75, 3.05) is 0 Å². The van der Waals surface area contributed by atoms with Gasteiger partial charge in [0.15, 0.2) is 0 Å². The molecule has 4 nitrogen and oxygen atoms in total. The third kappa shape index (κ3) is 4.17. The SMILES string of the molecule is CCCc1cccc(OC(=O)C(N)C(C)O)c1. The fourth-order valence-electron chi connectivity index (χ4n) is 1.43. The molecule has 1 aromatic carbocycles. The molecule has 0 saturated carbocycles. The van der Waals surface area contributed by atoms with Gasteiger partial charge in [0.05, 0.1) is 6.10 Å². The number of ether oxygens (including phenoxy) is 1. The average Bonchev–Trinajstić information content (AvgIpc) is 2.28. The second kappa shape index (κ2) is 6.37. The third-order valence-corrected chi connectivity index (χ3v) is 2.45. The molecule has 0 aliphatic heterocycles. The van der Waals surface area contributed by atoms with E-state index in [-0.39, 0.29) is 0 Å². The molecule has 17 heavy (non-hydrogen) atoms. The minimum absolute atomic E-state index is 0.469. The average molecular weight is 237 g/mol. The third-order valence-electron chi connectivity index (χ3n) is 2.45. The molecular weight excluding hydrogens is 218 g/mol. The maximum absolute atomic E-state index is 11.5. The molecule has 4 heteroatoms. The molecule has 1 rings (SSSR count). The molecule has 0 aliphatic carbocycles. The van der Waals surface area contributed by atoms with E-state index in [1.54, 1.807) is 6.07 Å². The van der Waals surface area contributed by atoms with E-state index in [1.165, 1.54) is 6.92 Å². The number of benzene rings is 1. The second-order valence-electron chi connectivity index (χ2n) is 4.08. The van der Waals surface area contributed by atoms with Crippen LogP contribution in [-0.2, 0) is 11.2 Å². The van der Waals surface area contributed by atoms with Crippen molar-refractivity contribution < 1.29 is 14.6 Å². The molecule has 1 aromatic rings. The van der Waals surface area contributed by atoms with Crippen molar-refractivity contribution in [1.82, 2.24) is 0 Å². The summed E-state index contributed by atoms with van der Waals surface area (Å²) in [5, 5.41) is 9.18. The standard InChI is InChI=1S/C13H19NO3/c1-3-5-10-6-4-7-11(8-10)17-13(16)12(14)9(2)15/h4,6-9,12,15H,3,5,14H2,1-2H3. The normalized spacial score (nSPS) is 14.1. The van der Waals surface area contributed by atoms with E-state index in [0.717, 1.165) is 18.4 Å². The van der Waals surface area contributed by atoms with E-state index in [0.29, 0.717) is 5.75 Å². The number of aliphatic hydroxyl groups is 1. The Morgan fingerprint density at radius 3 is 2.82 bits per heavy atom. The molecule has 0 fully saturated rings. The topological polar surface area (TPSA) is 72.5 Å². The van der Waals surface area contributed by atoms with Crippen LogP contribution in [0.5, 0.6) is 5.75 Å². The van der Waals surface area contributed by atoms with Crippen LogP contribution in [0.15, 0.2) is 24.3 Å². The van der Waals surface area contributed by atoms with Crippen LogP contribution in [0.4, 0.5) is 0 Å². The predicted octanol–water partition coefficient (Wildman–Crippen LogP) is 1.25. The molecule has 0 amide bonds. The van der Waals surface area contributed by atoms with Crippen LogP contribution in [-0.4, -0.2) is 23.2 Å². The number of hydrogen-bond acceptors (Lipinski definition) is 4. The van der Waals surface area contributed by atoms with Crippen LogP contribution in [0.2, 0.25) is 0 Å². The summed E-state index contributed by atoms with van der Waals surface area (Å²) in [6.07, 6.45) is 1.06. The van der Waals surface area contributed by atoms with E-state index in [2.05, 4.69) is 6.92 Å². The number of esters is 1. The largest absolute Gasteiger partial charge is 0.425 e. The highest BCUT2D eigenvalue weighted by atomic mass is 16.5. The Labute approximate surface area is 101 Å². The van der Waals surface area contributed by atoms with Gasteiger partial charge in [0.1, 0.15) is 11.8 Å². The van der Waals surface area contributed by atoms with Crippen molar-refractivity contribution in [3.8, 4) is 5.75 Å².